The third-order valence-electron chi connectivity index (χ3n) is 7.64. The smallest absolute Gasteiger partial charge is 0.354 e. The van der Waals surface area contributed by atoms with Crippen molar-refractivity contribution in [1.29, 1.82) is 0 Å². The first-order chi connectivity index (χ1) is 19.9. The molecule has 41 heavy (non-hydrogen) atoms. The lowest BCUT2D eigenvalue weighted by atomic mass is 9.96. The molecule has 12 heteroatoms. The molecule has 0 spiro atoms. The summed E-state index contributed by atoms with van der Waals surface area (Å²) < 4.78 is 40.5. The van der Waals surface area contributed by atoms with Crippen molar-refractivity contribution in [3.8, 4) is 17.2 Å². The first kappa shape index (κ1) is 26.7. The number of amides is 1. The molecule has 1 atom stereocenters. The second-order valence-electron chi connectivity index (χ2n) is 10.2. The van der Waals surface area contributed by atoms with Crippen LogP contribution in [0.3, 0.4) is 0 Å². The largest absolute Gasteiger partial charge is 0.417 e. The summed E-state index contributed by atoms with van der Waals surface area (Å²) in [7, 11) is 0. The molecule has 4 aromatic rings. The van der Waals surface area contributed by atoms with E-state index in [0.29, 0.717) is 44.4 Å². The molecule has 6 rings (SSSR count). The van der Waals surface area contributed by atoms with Crippen molar-refractivity contribution in [3.63, 3.8) is 0 Å². The van der Waals surface area contributed by atoms with Gasteiger partial charge in [0.15, 0.2) is 11.6 Å². The SMILES string of the molecule is O=C(C1CCCN(c2ccc(-n3ccnc3-c3ccccc3)nn2)C1)N1CCN(c2ccc(C(F)(F)F)cn2)CC1. The number of nitrogens with zero attached hydrogens (tertiary/aromatic N) is 8. The number of hydrogen-bond donors (Lipinski definition) is 0. The first-order valence-electron chi connectivity index (χ1n) is 13.6. The fourth-order valence-electron chi connectivity index (χ4n) is 5.45. The second kappa shape index (κ2) is 11.2. The monoisotopic (exact) mass is 562 g/mol. The highest BCUT2D eigenvalue weighted by Gasteiger charge is 2.33. The average molecular weight is 563 g/mol. The average Bonchev–Trinajstić information content (AvgIpc) is 3.51. The van der Waals surface area contributed by atoms with Crippen LogP contribution in [0.5, 0.6) is 0 Å². The molecule has 9 nitrogen and oxygen atoms in total. The molecule has 2 saturated heterocycles. The van der Waals surface area contributed by atoms with Crippen LogP contribution in [0.2, 0.25) is 0 Å². The Morgan fingerprint density at radius 3 is 2.22 bits per heavy atom. The van der Waals surface area contributed by atoms with Crippen LogP contribution in [0.15, 0.2) is 73.2 Å². The van der Waals surface area contributed by atoms with Gasteiger partial charge in [-0.2, -0.15) is 13.2 Å². The van der Waals surface area contributed by atoms with Crippen LogP contribution in [0.25, 0.3) is 17.2 Å². The van der Waals surface area contributed by atoms with Crippen LogP contribution in [0.4, 0.5) is 24.8 Å². The van der Waals surface area contributed by atoms with Gasteiger partial charge in [0.05, 0.1) is 11.5 Å². The molecule has 2 fully saturated rings. The number of alkyl halides is 3. The predicted octanol–water partition coefficient (Wildman–Crippen LogP) is 4.31. The highest BCUT2D eigenvalue weighted by atomic mass is 19.4. The standard InChI is InChI=1S/C29H29F3N8O/c30-29(31,32)23-8-9-24(34-19-23)37-15-17-38(18-16-37)28(41)22-7-4-13-39(20-22)25-10-11-26(36-35-25)40-14-12-33-27(40)21-5-2-1-3-6-21/h1-3,5-6,8-12,14,19,22H,4,7,13,15-18,20H2. The fraction of sp³-hybridized carbons (Fsp3) is 0.345. The van der Waals surface area contributed by atoms with E-state index in [9.17, 15) is 18.0 Å². The highest BCUT2D eigenvalue weighted by molar-refractivity contribution is 5.80. The van der Waals surface area contributed by atoms with Crippen molar-refractivity contribution in [3.05, 3.63) is 78.8 Å². The number of hydrogen-bond acceptors (Lipinski definition) is 7. The van der Waals surface area contributed by atoms with Crippen molar-refractivity contribution in [2.24, 2.45) is 5.92 Å². The van der Waals surface area contributed by atoms with Crippen LogP contribution in [-0.2, 0) is 11.0 Å². The zero-order chi connectivity index (χ0) is 28.4. The maximum atomic E-state index is 13.4. The van der Waals surface area contributed by atoms with Crippen LogP contribution in [0, 0.1) is 5.92 Å². The number of piperazine rings is 1. The van der Waals surface area contributed by atoms with Gasteiger partial charge >= 0.3 is 6.18 Å². The normalized spacial score (nSPS) is 18.0. The topological polar surface area (TPSA) is 83.3 Å². The maximum absolute atomic E-state index is 13.4. The number of aromatic nitrogens is 5. The van der Waals surface area contributed by atoms with Crippen LogP contribution < -0.4 is 9.80 Å². The highest BCUT2D eigenvalue weighted by Crippen LogP contribution is 2.30. The Balaban J connectivity index is 1.06. The van der Waals surface area contributed by atoms with Gasteiger partial charge in [-0.25, -0.2) is 9.97 Å². The zero-order valence-electron chi connectivity index (χ0n) is 22.3. The van der Waals surface area contributed by atoms with Crippen molar-refractivity contribution in [1.82, 2.24) is 29.6 Å². The Morgan fingerprint density at radius 2 is 1.54 bits per heavy atom. The first-order valence-corrected chi connectivity index (χ1v) is 13.6. The molecule has 1 aromatic carbocycles. The Labute approximate surface area is 235 Å². The van der Waals surface area contributed by atoms with Gasteiger partial charge in [-0.1, -0.05) is 30.3 Å². The summed E-state index contributed by atoms with van der Waals surface area (Å²) in [5, 5.41) is 8.94. The third-order valence-corrected chi connectivity index (χ3v) is 7.64. The van der Waals surface area contributed by atoms with Gasteiger partial charge in [-0.05, 0) is 37.1 Å². The molecule has 212 valence electrons. The third kappa shape index (κ3) is 5.72. The zero-order valence-corrected chi connectivity index (χ0v) is 22.3. The minimum absolute atomic E-state index is 0.102. The molecule has 2 aliphatic rings. The van der Waals surface area contributed by atoms with Gasteiger partial charge in [-0.3, -0.25) is 9.36 Å². The Morgan fingerprint density at radius 1 is 0.805 bits per heavy atom. The van der Waals surface area contributed by atoms with E-state index < -0.39 is 11.7 Å². The lowest BCUT2D eigenvalue weighted by molar-refractivity contribution is -0.138. The molecule has 2 aliphatic heterocycles. The summed E-state index contributed by atoms with van der Waals surface area (Å²) in [6.45, 7) is 3.40. The Kier molecular flexibility index (Phi) is 7.29. The maximum Gasteiger partial charge on any atom is 0.417 e. The number of carbonyl (C=O) groups excluding carboxylic acids is 1. The number of imidazole rings is 1. The lowest BCUT2D eigenvalue weighted by Crippen LogP contribution is -2.52. The summed E-state index contributed by atoms with van der Waals surface area (Å²) in [4.78, 5) is 27.8. The fourth-order valence-corrected chi connectivity index (χ4v) is 5.45. The minimum Gasteiger partial charge on any atom is -0.354 e. The Hall–Kier alpha value is -4.48. The van der Waals surface area contributed by atoms with E-state index in [0.717, 1.165) is 48.9 Å². The quantitative estimate of drug-likeness (QED) is 0.359. The summed E-state index contributed by atoms with van der Waals surface area (Å²) in [6.07, 6.45) is 1.71. The number of carbonyl (C=O) groups is 1. The molecule has 0 saturated carbocycles. The van der Waals surface area contributed by atoms with Crippen LogP contribution >= 0.6 is 0 Å². The van der Waals surface area contributed by atoms with Gasteiger partial charge in [0, 0.05) is 63.4 Å². The predicted molar refractivity (Wildman–Crippen MR) is 148 cm³/mol. The van der Waals surface area contributed by atoms with Gasteiger partial charge < -0.3 is 14.7 Å². The van der Waals surface area contributed by atoms with E-state index in [1.54, 1.807) is 6.20 Å². The van der Waals surface area contributed by atoms with Crippen LogP contribution in [0.1, 0.15) is 18.4 Å². The molecular formula is C29H29F3N8O. The summed E-state index contributed by atoms with van der Waals surface area (Å²) >= 11 is 0. The number of anilines is 2. The van der Waals surface area contributed by atoms with Gasteiger partial charge in [0.1, 0.15) is 11.6 Å². The molecule has 0 bridgehead atoms. The van der Waals surface area contributed by atoms with E-state index >= 15 is 0 Å². The summed E-state index contributed by atoms with van der Waals surface area (Å²) in [5.74, 6) is 2.61. The molecule has 1 unspecified atom stereocenters. The van der Waals surface area contributed by atoms with Crippen molar-refractivity contribution in [2.75, 3.05) is 49.1 Å². The molecule has 5 heterocycles. The van der Waals surface area contributed by atoms with Crippen molar-refractivity contribution >= 4 is 17.5 Å². The summed E-state index contributed by atoms with van der Waals surface area (Å²) in [6, 6.07) is 16.2. The molecular weight excluding hydrogens is 533 g/mol. The van der Waals surface area contributed by atoms with Gasteiger partial charge in [0.2, 0.25) is 5.91 Å². The molecule has 1 amide bonds. The molecule has 0 N–H and O–H groups in total. The number of rotatable bonds is 5. The molecule has 3 aromatic heterocycles. The molecule has 0 radical (unpaired) electrons. The van der Waals surface area contributed by atoms with Gasteiger partial charge in [-0.15, -0.1) is 10.2 Å². The second-order valence-corrected chi connectivity index (χ2v) is 10.2. The number of benzene rings is 1. The van der Waals surface area contributed by atoms with Crippen molar-refractivity contribution < 1.29 is 18.0 Å². The van der Waals surface area contributed by atoms with E-state index in [2.05, 4.69) is 25.1 Å². The van der Waals surface area contributed by atoms with Crippen LogP contribution in [-0.4, -0.2) is 74.8 Å². The Bertz CT molecular complexity index is 1470. The minimum atomic E-state index is -4.41. The summed E-state index contributed by atoms with van der Waals surface area (Å²) in [5.41, 5.74) is 0.215. The molecule has 0 aliphatic carbocycles. The number of piperidine rings is 1. The number of halogens is 3. The van der Waals surface area contributed by atoms with Gasteiger partial charge in [0.25, 0.3) is 0 Å². The van der Waals surface area contributed by atoms with E-state index in [1.807, 2.05) is 63.0 Å². The van der Waals surface area contributed by atoms with E-state index in [1.165, 1.54) is 6.07 Å². The van der Waals surface area contributed by atoms with E-state index in [-0.39, 0.29) is 11.8 Å². The van der Waals surface area contributed by atoms with E-state index in [4.69, 9.17) is 0 Å². The number of pyridine rings is 1. The lowest BCUT2D eigenvalue weighted by Gasteiger charge is -2.39. The van der Waals surface area contributed by atoms with Crippen molar-refractivity contribution in [2.45, 2.75) is 19.0 Å².